The van der Waals surface area contributed by atoms with E-state index in [2.05, 4.69) is 170 Å². The monoisotopic (exact) mass is 807 g/mol. The zero-order chi connectivity index (χ0) is 41.1. The second kappa shape index (κ2) is 14.9. The predicted molar refractivity (Wildman–Crippen MR) is 254 cm³/mol. The van der Waals surface area contributed by atoms with Crippen LogP contribution in [0.1, 0.15) is 36.8 Å². The van der Waals surface area contributed by atoms with E-state index in [0.717, 1.165) is 56.1 Å². The number of hydrogen-bond donors (Lipinski definition) is 0. The number of fused-ring (bicyclic) bond motifs is 4. The van der Waals surface area contributed by atoms with Crippen LogP contribution in [0.2, 0.25) is 0 Å². The molecule has 0 radical (unpaired) electrons. The molecule has 0 saturated heterocycles. The SMILES string of the molecule is CP(C)(=O)c1ccc(-c2ccc(C3(c4ccc(-c5nc(-c6ccc(-c7ccccc7)cc6)nc(-c6ccc7ccccc7c6)n5)cc4)CC4CCC3C4)cc2)c2ccccc12. The standard InChI is InChI=1S/C56H46N3OP/c1-61(2,60)52-33-32-49(50-14-8-9-15-51(50)52)41-23-28-46(29-24-41)56(36-37-16-27-48(56)34-37)47-30-25-43(26-31-47)54-57-53(42-20-17-40(18-21-42)38-10-4-3-5-11-38)58-55(59-54)45-22-19-39-12-6-7-13-44(39)35-45/h3-15,17-26,28-33,35,37,48H,16,27,34,36H2,1-2H3. The van der Waals surface area contributed by atoms with Gasteiger partial charge in [0, 0.05) is 27.4 Å². The van der Waals surface area contributed by atoms with Crippen molar-refractivity contribution in [3.05, 3.63) is 193 Å². The maximum absolute atomic E-state index is 13.2. The number of benzene rings is 8. The third kappa shape index (κ3) is 6.71. The van der Waals surface area contributed by atoms with E-state index in [4.69, 9.17) is 15.0 Å². The van der Waals surface area contributed by atoms with Crippen molar-refractivity contribution in [1.82, 2.24) is 15.0 Å². The van der Waals surface area contributed by atoms with Gasteiger partial charge in [-0.3, -0.25) is 0 Å². The van der Waals surface area contributed by atoms with Crippen molar-refractivity contribution in [3.63, 3.8) is 0 Å². The van der Waals surface area contributed by atoms with Gasteiger partial charge in [-0.05, 0) is 105 Å². The number of aromatic nitrogens is 3. The van der Waals surface area contributed by atoms with Gasteiger partial charge in [-0.25, -0.2) is 15.0 Å². The minimum atomic E-state index is -2.43. The molecule has 0 N–H and O–H groups in total. The van der Waals surface area contributed by atoms with Crippen LogP contribution in [0, 0.1) is 11.8 Å². The molecule has 2 saturated carbocycles. The van der Waals surface area contributed by atoms with Crippen LogP contribution in [0.5, 0.6) is 0 Å². The molecule has 61 heavy (non-hydrogen) atoms. The Balaban J connectivity index is 0.971. The van der Waals surface area contributed by atoms with Gasteiger partial charge in [-0.15, -0.1) is 0 Å². The quantitative estimate of drug-likeness (QED) is 0.144. The molecule has 11 rings (SSSR count). The lowest BCUT2D eigenvalue weighted by molar-refractivity contribution is 0.320. The van der Waals surface area contributed by atoms with Crippen molar-refractivity contribution >= 4 is 34.0 Å². The van der Waals surface area contributed by atoms with Gasteiger partial charge in [0.15, 0.2) is 17.5 Å². The van der Waals surface area contributed by atoms with E-state index in [1.165, 1.54) is 52.5 Å². The molecule has 9 aromatic rings. The molecule has 5 heteroatoms. The van der Waals surface area contributed by atoms with E-state index >= 15 is 0 Å². The summed E-state index contributed by atoms with van der Waals surface area (Å²) in [6.07, 6.45) is 5.01. The summed E-state index contributed by atoms with van der Waals surface area (Å²) in [6, 6.07) is 65.0. The molecule has 0 amide bonds. The molecule has 296 valence electrons. The van der Waals surface area contributed by atoms with Crippen LogP contribution in [0.25, 0.3) is 78.0 Å². The van der Waals surface area contributed by atoms with Crippen LogP contribution in [0.3, 0.4) is 0 Å². The summed E-state index contributed by atoms with van der Waals surface area (Å²) in [5, 5.41) is 5.52. The Morgan fingerprint density at radius 3 is 1.62 bits per heavy atom. The van der Waals surface area contributed by atoms with Gasteiger partial charge < -0.3 is 4.57 Å². The van der Waals surface area contributed by atoms with Crippen molar-refractivity contribution in [2.45, 2.75) is 31.1 Å². The van der Waals surface area contributed by atoms with E-state index in [-0.39, 0.29) is 5.41 Å². The van der Waals surface area contributed by atoms with E-state index in [9.17, 15) is 4.57 Å². The minimum absolute atomic E-state index is 0.0516. The van der Waals surface area contributed by atoms with Crippen LogP contribution < -0.4 is 5.30 Å². The first kappa shape index (κ1) is 37.5. The molecule has 4 nitrogen and oxygen atoms in total. The Hall–Kier alpha value is -6.48. The van der Waals surface area contributed by atoms with Crippen LogP contribution in [-0.2, 0) is 9.98 Å². The topological polar surface area (TPSA) is 55.7 Å². The number of hydrogen-bond acceptors (Lipinski definition) is 4. The molecule has 2 bridgehead atoms. The van der Waals surface area contributed by atoms with Crippen molar-refractivity contribution in [3.8, 4) is 56.4 Å². The molecule has 2 aliphatic carbocycles. The molecule has 2 aliphatic rings. The van der Waals surface area contributed by atoms with Gasteiger partial charge in [0.25, 0.3) is 0 Å². The molecular formula is C56H46N3OP. The van der Waals surface area contributed by atoms with Gasteiger partial charge in [-0.2, -0.15) is 0 Å². The summed E-state index contributed by atoms with van der Waals surface area (Å²) >= 11 is 0. The highest BCUT2D eigenvalue weighted by atomic mass is 31.2. The Bertz CT molecular complexity index is 3140. The Labute approximate surface area is 357 Å². The highest BCUT2D eigenvalue weighted by Gasteiger charge is 2.52. The van der Waals surface area contributed by atoms with Gasteiger partial charge in [-0.1, -0.05) is 182 Å². The summed E-state index contributed by atoms with van der Waals surface area (Å²) in [5.74, 6) is 3.32. The van der Waals surface area contributed by atoms with E-state index < -0.39 is 7.14 Å². The van der Waals surface area contributed by atoms with Crippen molar-refractivity contribution in [2.24, 2.45) is 11.8 Å². The van der Waals surface area contributed by atoms with Crippen molar-refractivity contribution in [2.75, 3.05) is 13.3 Å². The normalized spacial score (nSPS) is 18.5. The van der Waals surface area contributed by atoms with E-state index in [1.807, 2.05) is 25.5 Å². The average molecular weight is 808 g/mol. The molecule has 0 aliphatic heterocycles. The summed E-state index contributed by atoms with van der Waals surface area (Å²) in [4.78, 5) is 15.4. The maximum atomic E-state index is 13.2. The fraction of sp³-hybridized carbons (Fsp3) is 0.161. The molecular weight excluding hydrogens is 762 g/mol. The number of nitrogens with zero attached hydrogens (tertiary/aromatic N) is 3. The third-order valence-corrected chi connectivity index (χ3v) is 15.1. The third-order valence-electron chi connectivity index (χ3n) is 13.6. The van der Waals surface area contributed by atoms with Crippen molar-refractivity contribution < 1.29 is 4.57 Å². The van der Waals surface area contributed by atoms with E-state index in [1.54, 1.807) is 0 Å². The second-order valence-electron chi connectivity index (χ2n) is 17.5. The van der Waals surface area contributed by atoms with Crippen molar-refractivity contribution in [1.29, 1.82) is 0 Å². The fourth-order valence-electron chi connectivity index (χ4n) is 10.6. The average Bonchev–Trinajstić information content (AvgIpc) is 3.94. The molecule has 8 aromatic carbocycles. The Kier molecular flexibility index (Phi) is 9.17. The minimum Gasteiger partial charge on any atom is -0.319 e. The first-order valence-corrected chi connectivity index (χ1v) is 24.1. The van der Waals surface area contributed by atoms with Crippen LogP contribution >= 0.6 is 7.14 Å². The van der Waals surface area contributed by atoms with Gasteiger partial charge in [0.05, 0.1) is 0 Å². The van der Waals surface area contributed by atoms with Gasteiger partial charge >= 0.3 is 0 Å². The lowest BCUT2D eigenvalue weighted by Crippen LogP contribution is -2.34. The summed E-state index contributed by atoms with van der Waals surface area (Å²) < 4.78 is 13.2. The molecule has 3 atom stereocenters. The second-order valence-corrected chi connectivity index (χ2v) is 20.7. The zero-order valence-electron chi connectivity index (χ0n) is 34.5. The highest BCUT2D eigenvalue weighted by molar-refractivity contribution is 7.70. The Morgan fingerprint density at radius 1 is 0.475 bits per heavy atom. The summed E-state index contributed by atoms with van der Waals surface area (Å²) in [5.41, 5.74) is 10.3. The zero-order valence-corrected chi connectivity index (χ0v) is 35.4. The molecule has 0 spiro atoms. The summed E-state index contributed by atoms with van der Waals surface area (Å²) in [6.45, 7) is 3.72. The fourth-order valence-corrected chi connectivity index (χ4v) is 11.8. The highest BCUT2D eigenvalue weighted by Crippen LogP contribution is 2.60. The molecule has 1 heterocycles. The first-order valence-electron chi connectivity index (χ1n) is 21.5. The van der Waals surface area contributed by atoms with Crippen LogP contribution in [0.4, 0.5) is 0 Å². The Morgan fingerprint density at radius 2 is 1.00 bits per heavy atom. The molecule has 3 unspecified atom stereocenters. The first-order chi connectivity index (χ1) is 29.8. The van der Waals surface area contributed by atoms with E-state index in [0.29, 0.717) is 23.4 Å². The lowest BCUT2D eigenvalue weighted by Gasteiger charge is -2.39. The smallest absolute Gasteiger partial charge is 0.164 e. The summed E-state index contributed by atoms with van der Waals surface area (Å²) in [7, 11) is -2.43. The molecule has 1 aromatic heterocycles. The van der Waals surface area contributed by atoms with Crippen LogP contribution in [0.15, 0.2) is 182 Å². The predicted octanol–water partition coefficient (Wildman–Crippen LogP) is 13.9. The number of rotatable bonds is 8. The molecule has 2 fully saturated rings. The largest absolute Gasteiger partial charge is 0.319 e. The lowest BCUT2D eigenvalue weighted by atomic mass is 9.64. The van der Waals surface area contributed by atoms with Gasteiger partial charge in [0.2, 0.25) is 0 Å². The maximum Gasteiger partial charge on any atom is 0.164 e. The van der Waals surface area contributed by atoms with Crippen LogP contribution in [-0.4, -0.2) is 28.3 Å². The van der Waals surface area contributed by atoms with Gasteiger partial charge in [0.1, 0.15) is 7.14 Å².